The van der Waals surface area contributed by atoms with E-state index in [0.717, 1.165) is 22.8 Å². The molecule has 2 aromatic heterocycles. The summed E-state index contributed by atoms with van der Waals surface area (Å²) in [6.45, 7) is 11.4. The predicted molar refractivity (Wildman–Crippen MR) is 120 cm³/mol. The minimum atomic E-state index is 0.670. The third-order valence-electron chi connectivity index (χ3n) is 3.67. The van der Waals surface area contributed by atoms with Gasteiger partial charge in [-0.1, -0.05) is 43.5 Å². The zero-order valence-electron chi connectivity index (χ0n) is 16.3. The molecular formula is C24H24N4. The van der Waals surface area contributed by atoms with E-state index in [9.17, 15) is 0 Å². The fourth-order valence-corrected chi connectivity index (χ4v) is 2.38. The molecule has 0 amide bonds. The largest absolute Gasteiger partial charge is 0.255 e. The maximum atomic E-state index is 4.79. The summed E-state index contributed by atoms with van der Waals surface area (Å²) >= 11 is 0. The average molecular weight is 368 g/mol. The highest BCUT2D eigenvalue weighted by Gasteiger charge is 2.08. The number of aliphatic imine (C=N–C) groups is 2. The van der Waals surface area contributed by atoms with Gasteiger partial charge >= 0.3 is 0 Å². The molecule has 0 unspecified atom stereocenters. The van der Waals surface area contributed by atoms with E-state index in [-0.39, 0.29) is 0 Å². The van der Waals surface area contributed by atoms with E-state index in [1.54, 1.807) is 30.6 Å². The van der Waals surface area contributed by atoms with E-state index in [4.69, 9.17) is 9.98 Å². The number of hydrogen-bond acceptors (Lipinski definition) is 4. The summed E-state index contributed by atoms with van der Waals surface area (Å²) in [5, 5.41) is 0. The van der Waals surface area contributed by atoms with Crippen molar-refractivity contribution in [3.63, 3.8) is 0 Å². The van der Waals surface area contributed by atoms with E-state index in [2.05, 4.69) is 23.1 Å². The Morgan fingerprint density at radius 1 is 1.04 bits per heavy atom. The predicted octanol–water partition coefficient (Wildman–Crippen LogP) is 5.74. The molecule has 0 N–H and O–H groups in total. The van der Waals surface area contributed by atoms with Crippen molar-refractivity contribution < 1.29 is 0 Å². The van der Waals surface area contributed by atoms with Gasteiger partial charge in [0.2, 0.25) is 0 Å². The van der Waals surface area contributed by atoms with Crippen molar-refractivity contribution in [2.45, 2.75) is 13.8 Å². The molecule has 0 aliphatic rings. The SMILES string of the molecule is C=C\C=C/N=C(C=C)/C(=C/C)/N=C(\C=C/C)c1cccc(-c2ccccn2)n1. The number of allylic oxidation sites excluding steroid dienone is 6. The van der Waals surface area contributed by atoms with Crippen molar-refractivity contribution >= 4 is 11.4 Å². The fourth-order valence-electron chi connectivity index (χ4n) is 2.38. The molecule has 0 saturated carbocycles. The van der Waals surface area contributed by atoms with E-state index in [0.29, 0.717) is 11.4 Å². The lowest BCUT2D eigenvalue weighted by atomic mass is 10.1. The van der Waals surface area contributed by atoms with Crippen LogP contribution in [0.1, 0.15) is 19.5 Å². The summed E-state index contributed by atoms with van der Waals surface area (Å²) in [5.74, 6) is 0. The Bertz CT molecular complexity index is 961. The highest BCUT2D eigenvalue weighted by Crippen LogP contribution is 2.15. The van der Waals surface area contributed by atoms with Gasteiger partial charge in [0, 0.05) is 12.4 Å². The molecular weight excluding hydrogens is 344 g/mol. The molecule has 0 spiro atoms. The zero-order chi connectivity index (χ0) is 20.2. The monoisotopic (exact) mass is 368 g/mol. The van der Waals surface area contributed by atoms with Crippen LogP contribution in [0, 0.1) is 0 Å². The van der Waals surface area contributed by atoms with Crippen LogP contribution in [0.2, 0.25) is 0 Å². The molecule has 4 nitrogen and oxygen atoms in total. The lowest BCUT2D eigenvalue weighted by molar-refractivity contribution is 1.23. The number of aromatic nitrogens is 2. The first kappa shape index (κ1) is 20.6. The molecule has 28 heavy (non-hydrogen) atoms. The number of rotatable bonds is 8. The van der Waals surface area contributed by atoms with Gasteiger partial charge in [0.1, 0.15) is 0 Å². The van der Waals surface area contributed by atoms with Gasteiger partial charge in [0.15, 0.2) is 0 Å². The summed E-state index contributed by atoms with van der Waals surface area (Å²) in [5.41, 5.74) is 4.48. The maximum absolute atomic E-state index is 4.79. The van der Waals surface area contributed by atoms with E-state index >= 15 is 0 Å². The highest BCUT2D eigenvalue weighted by molar-refractivity contribution is 6.14. The van der Waals surface area contributed by atoms with Crippen molar-refractivity contribution in [2.24, 2.45) is 9.98 Å². The van der Waals surface area contributed by atoms with Crippen molar-refractivity contribution in [1.82, 2.24) is 9.97 Å². The second-order valence-electron chi connectivity index (χ2n) is 5.59. The van der Waals surface area contributed by atoms with Gasteiger partial charge < -0.3 is 0 Å². The van der Waals surface area contributed by atoms with Gasteiger partial charge in [0.25, 0.3) is 0 Å². The maximum Gasteiger partial charge on any atom is 0.0894 e. The summed E-state index contributed by atoms with van der Waals surface area (Å²) in [4.78, 5) is 18.3. The molecule has 0 bridgehead atoms. The zero-order valence-corrected chi connectivity index (χ0v) is 16.3. The molecule has 0 saturated heterocycles. The summed E-state index contributed by atoms with van der Waals surface area (Å²) in [7, 11) is 0. The normalized spacial score (nSPS) is 13.3. The quantitative estimate of drug-likeness (QED) is 0.441. The van der Waals surface area contributed by atoms with Crippen LogP contribution in [0.3, 0.4) is 0 Å². The van der Waals surface area contributed by atoms with Crippen molar-refractivity contribution in [3.05, 3.63) is 110 Å². The molecule has 0 atom stereocenters. The van der Waals surface area contributed by atoms with Gasteiger partial charge in [-0.15, -0.1) is 0 Å². The van der Waals surface area contributed by atoms with Crippen LogP contribution in [-0.2, 0) is 0 Å². The fraction of sp³-hybridized carbons (Fsp3) is 0.0833. The topological polar surface area (TPSA) is 50.5 Å². The van der Waals surface area contributed by atoms with Crippen molar-refractivity contribution in [3.8, 4) is 11.4 Å². The molecule has 0 radical (unpaired) electrons. The van der Waals surface area contributed by atoms with Crippen molar-refractivity contribution in [1.29, 1.82) is 0 Å². The van der Waals surface area contributed by atoms with Crippen LogP contribution in [0.25, 0.3) is 11.4 Å². The van der Waals surface area contributed by atoms with Crippen LogP contribution < -0.4 is 0 Å². The first-order valence-electron chi connectivity index (χ1n) is 8.98. The Morgan fingerprint density at radius 2 is 1.86 bits per heavy atom. The summed E-state index contributed by atoms with van der Waals surface area (Å²) in [6.07, 6.45) is 14.3. The Morgan fingerprint density at radius 3 is 2.50 bits per heavy atom. The van der Waals surface area contributed by atoms with Gasteiger partial charge in [0.05, 0.1) is 34.2 Å². The Hall–Kier alpha value is -3.66. The minimum absolute atomic E-state index is 0.670. The lowest BCUT2D eigenvalue weighted by Gasteiger charge is -2.07. The van der Waals surface area contributed by atoms with E-state index in [1.807, 2.05) is 68.5 Å². The second kappa shape index (κ2) is 11.1. The van der Waals surface area contributed by atoms with Gasteiger partial charge in [-0.25, -0.2) is 9.98 Å². The van der Waals surface area contributed by atoms with E-state index < -0.39 is 0 Å². The standard InChI is InChI=1S/C24H24N4/c1-5-9-17-25-19(7-3)20(8-4)27-22(13-6-2)24-16-12-15-23(28-24)21-14-10-11-18-26-21/h5-18H,1,3H2,2,4H3/b13-6-,17-9-,20-8-,25-19+,27-22+. The van der Waals surface area contributed by atoms with Gasteiger partial charge in [-0.05, 0) is 56.3 Å². The highest BCUT2D eigenvalue weighted by atomic mass is 14.9. The molecule has 140 valence electrons. The average Bonchev–Trinajstić information content (AvgIpc) is 2.75. The van der Waals surface area contributed by atoms with Gasteiger partial charge in [-0.2, -0.15) is 0 Å². The molecule has 2 heterocycles. The molecule has 0 aromatic carbocycles. The van der Waals surface area contributed by atoms with Crippen LogP contribution in [0.15, 0.2) is 114 Å². The summed E-state index contributed by atoms with van der Waals surface area (Å²) < 4.78 is 0. The third kappa shape index (κ3) is 5.68. The number of pyridine rings is 2. The molecule has 0 aliphatic carbocycles. The van der Waals surface area contributed by atoms with Crippen LogP contribution in [-0.4, -0.2) is 21.4 Å². The van der Waals surface area contributed by atoms with Crippen LogP contribution in [0.5, 0.6) is 0 Å². The van der Waals surface area contributed by atoms with E-state index in [1.165, 1.54) is 0 Å². The summed E-state index contributed by atoms with van der Waals surface area (Å²) in [6, 6.07) is 11.6. The molecule has 2 aromatic rings. The van der Waals surface area contributed by atoms with Crippen LogP contribution in [0.4, 0.5) is 0 Å². The first-order chi connectivity index (χ1) is 13.7. The van der Waals surface area contributed by atoms with Crippen LogP contribution >= 0.6 is 0 Å². The Kier molecular flexibility index (Phi) is 8.21. The third-order valence-corrected chi connectivity index (χ3v) is 3.67. The number of nitrogens with zero attached hydrogens (tertiary/aromatic N) is 4. The second-order valence-corrected chi connectivity index (χ2v) is 5.59. The molecule has 2 rings (SSSR count). The Balaban J connectivity index is 2.49. The smallest absolute Gasteiger partial charge is 0.0894 e. The Labute approximate surface area is 166 Å². The van der Waals surface area contributed by atoms with Crippen molar-refractivity contribution in [2.75, 3.05) is 0 Å². The molecule has 0 fully saturated rings. The molecule has 4 heteroatoms. The number of hydrogen-bond donors (Lipinski definition) is 0. The lowest BCUT2D eigenvalue weighted by Crippen LogP contribution is -2.05. The van der Waals surface area contributed by atoms with Gasteiger partial charge in [-0.3, -0.25) is 9.98 Å². The first-order valence-corrected chi connectivity index (χ1v) is 8.98. The minimum Gasteiger partial charge on any atom is -0.255 e. The molecule has 0 aliphatic heterocycles.